The van der Waals surface area contributed by atoms with Crippen LogP contribution in [0.25, 0.3) is 0 Å². The van der Waals surface area contributed by atoms with Crippen LogP contribution in [0.1, 0.15) is 0 Å². The highest BCUT2D eigenvalue weighted by Gasteiger charge is 1.93. The molecule has 0 bridgehead atoms. The number of aromatic nitrogens is 3. The summed E-state index contributed by atoms with van der Waals surface area (Å²) in [5.74, 6) is 0.125. The van der Waals surface area contributed by atoms with Crippen molar-refractivity contribution in [1.82, 2.24) is 15.0 Å². The fourth-order valence-electron chi connectivity index (χ4n) is 0.427. The second-order valence-electron chi connectivity index (χ2n) is 2.28. The molecule has 6 N–H and O–H groups in total. The molecule has 10 heteroatoms. The van der Waals surface area contributed by atoms with Crippen LogP contribution < -0.4 is 17.2 Å². The van der Waals surface area contributed by atoms with Crippen LogP contribution in [0.5, 0.6) is 0 Å². The highest BCUT2D eigenvalue weighted by atomic mass is 32.2. The van der Waals surface area contributed by atoms with Crippen molar-refractivity contribution in [2.75, 3.05) is 30.6 Å². The Labute approximate surface area is 86.8 Å². The zero-order valence-electron chi connectivity index (χ0n) is 8.21. The van der Waals surface area contributed by atoms with Gasteiger partial charge in [-0.1, -0.05) is 0 Å². The van der Waals surface area contributed by atoms with Crippen LogP contribution in [0.4, 0.5) is 17.8 Å². The molecule has 15 heavy (non-hydrogen) atoms. The van der Waals surface area contributed by atoms with E-state index in [2.05, 4.69) is 19.1 Å². The minimum absolute atomic E-state index is 0.0417. The molecule has 0 saturated heterocycles. The van der Waals surface area contributed by atoms with Gasteiger partial charge in [-0.05, 0) is 0 Å². The summed E-state index contributed by atoms with van der Waals surface area (Å²) in [6.07, 6.45) is 0.993. The topological polar surface area (TPSA) is 160 Å². The normalized spacial score (nSPS) is 10.3. The molecule has 0 unspecified atom stereocenters. The van der Waals surface area contributed by atoms with Gasteiger partial charge in [0, 0.05) is 0 Å². The molecular formula is C5H12N6O3S. The van der Waals surface area contributed by atoms with Gasteiger partial charge in [0.1, 0.15) is 0 Å². The molecule has 0 saturated carbocycles. The number of nitrogens with two attached hydrogens (primary N) is 3. The average Bonchev–Trinajstić information content (AvgIpc) is 2.01. The first kappa shape index (κ1) is 13.3. The molecule has 0 fully saturated rings. The van der Waals surface area contributed by atoms with Gasteiger partial charge in [0.15, 0.2) is 0 Å². The Morgan fingerprint density at radius 2 is 1.20 bits per heavy atom. The Kier molecular flexibility index (Phi) is 4.67. The van der Waals surface area contributed by atoms with Crippen molar-refractivity contribution >= 4 is 28.0 Å². The summed E-state index contributed by atoms with van der Waals surface area (Å²) < 4.78 is 23.5. The second-order valence-corrected chi connectivity index (χ2v) is 4.02. The van der Waals surface area contributed by atoms with E-state index in [-0.39, 0.29) is 17.8 Å². The van der Waals surface area contributed by atoms with Crippen LogP contribution in [0.2, 0.25) is 0 Å². The smallest absolute Gasteiger partial charge is 0.264 e. The maximum absolute atomic E-state index is 9.78. The molecule has 1 aromatic rings. The quantitative estimate of drug-likeness (QED) is 0.478. The van der Waals surface area contributed by atoms with Crippen molar-refractivity contribution in [3.05, 3.63) is 0 Å². The first-order valence-corrected chi connectivity index (χ1v) is 5.34. The van der Waals surface area contributed by atoms with Gasteiger partial charge >= 0.3 is 0 Å². The Hall–Kier alpha value is -1.68. The fraction of sp³-hybridized carbons (Fsp3) is 0.400. The summed E-state index contributed by atoms with van der Waals surface area (Å²) in [5.41, 5.74) is 15.4. The summed E-state index contributed by atoms with van der Waals surface area (Å²) in [7, 11) is -2.04. The van der Waals surface area contributed by atoms with Crippen LogP contribution in [0.3, 0.4) is 0 Å². The van der Waals surface area contributed by atoms with Gasteiger partial charge in [0.2, 0.25) is 17.8 Å². The van der Waals surface area contributed by atoms with Gasteiger partial charge in [-0.15, -0.1) is 0 Å². The first-order valence-electron chi connectivity index (χ1n) is 3.52. The third kappa shape index (κ3) is 7.40. The van der Waals surface area contributed by atoms with E-state index in [1.807, 2.05) is 0 Å². The van der Waals surface area contributed by atoms with E-state index >= 15 is 0 Å². The average molecular weight is 236 g/mol. The first-order chi connectivity index (χ1) is 6.74. The Bertz CT molecular complexity index is 368. The SMILES string of the molecule is COS(C)(=O)=O.Nc1nc(N)nc(N)n1. The largest absolute Gasteiger partial charge is 0.368 e. The van der Waals surface area contributed by atoms with Gasteiger partial charge in [-0.25, -0.2) is 0 Å². The molecule has 0 aliphatic carbocycles. The van der Waals surface area contributed by atoms with Gasteiger partial charge < -0.3 is 17.2 Å². The Morgan fingerprint density at radius 3 is 1.33 bits per heavy atom. The number of nitrogens with zero attached hydrogens (tertiary/aromatic N) is 3. The number of hydrogen-bond donors (Lipinski definition) is 3. The molecule has 1 aromatic heterocycles. The summed E-state index contributed by atoms with van der Waals surface area (Å²) in [5, 5.41) is 0. The van der Waals surface area contributed by atoms with Crippen molar-refractivity contribution in [1.29, 1.82) is 0 Å². The molecule has 1 heterocycles. The highest BCUT2D eigenvalue weighted by Crippen LogP contribution is 1.97. The van der Waals surface area contributed by atoms with E-state index in [0.29, 0.717) is 0 Å². The molecule has 9 nitrogen and oxygen atoms in total. The zero-order valence-corrected chi connectivity index (χ0v) is 9.02. The lowest BCUT2D eigenvalue weighted by atomic mass is 10.9. The van der Waals surface area contributed by atoms with Crippen LogP contribution >= 0.6 is 0 Å². The maximum atomic E-state index is 9.78. The molecule has 1 rings (SSSR count). The number of anilines is 3. The minimum Gasteiger partial charge on any atom is -0.368 e. The number of hydrogen-bond acceptors (Lipinski definition) is 9. The van der Waals surface area contributed by atoms with Crippen molar-refractivity contribution in [3.63, 3.8) is 0 Å². The van der Waals surface area contributed by atoms with Crippen LogP contribution in [0.15, 0.2) is 0 Å². The lowest BCUT2D eigenvalue weighted by Gasteiger charge is -1.93. The van der Waals surface area contributed by atoms with Crippen molar-refractivity contribution in [3.8, 4) is 0 Å². The van der Waals surface area contributed by atoms with E-state index < -0.39 is 10.1 Å². The summed E-state index contributed by atoms with van der Waals surface area (Å²) >= 11 is 0. The molecule has 0 spiro atoms. The number of nitrogen functional groups attached to an aromatic ring is 3. The number of rotatable bonds is 1. The Balaban J connectivity index is 0.000000288. The minimum atomic E-state index is -3.16. The lowest BCUT2D eigenvalue weighted by molar-refractivity contribution is 0.403. The van der Waals surface area contributed by atoms with Crippen LogP contribution in [-0.2, 0) is 14.3 Å². The van der Waals surface area contributed by atoms with E-state index in [9.17, 15) is 8.42 Å². The summed E-state index contributed by atoms with van der Waals surface area (Å²) in [6, 6.07) is 0. The molecule has 86 valence electrons. The van der Waals surface area contributed by atoms with Crippen molar-refractivity contribution in [2.24, 2.45) is 0 Å². The summed E-state index contributed by atoms with van der Waals surface area (Å²) in [4.78, 5) is 10.5. The third-order valence-electron chi connectivity index (χ3n) is 0.990. The molecule has 0 aliphatic rings. The van der Waals surface area contributed by atoms with E-state index in [1.54, 1.807) is 0 Å². The molecule has 0 atom stereocenters. The van der Waals surface area contributed by atoms with Gasteiger partial charge in [-0.2, -0.15) is 23.4 Å². The van der Waals surface area contributed by atoms with Crippen molar-refractivity contribution in [2.45, 2.75) is 0 Å². The third-order valence-corrected chi connectivity index (χ3v) is 1.60. The van der Waals surface area contributed by atoms with Crippen LogP contribution in [0, 0.1) is 0 Å². The van der Waals surface area contributed by atoms with E-state index in [4.69, 9.17) is 17.2 Å². The van der Waals surface area contributed by atoms with Gasteiger partial charge in [0.25, 0.3) is 10.1 Å². The predicted molar refractivity (Wildman–Crippen MR) is 54.9 cm³/mol. The van der Waals surface area contributed by atoms with E-state index in [1.165, 1.54) is 0 Å². The standard InChI is InChI=1S/C3H6N6.C2H6O3S/c4-1-7-2(5)9-3(6)8-1;1-5-6(2,3)4/h(H6,4,5,6,7,8,9);1-2H3. The molecule has 0 radical (unpaired) electrons. The lowest BCUT2D eigenvalue weighted by Crippen LogP contribution is -2.05. The highest BCUT2D eigenvalue weighted by molar-refractivity contribution is 7.85. The molecule has 0 aromatic carbocycles. The van der Waals surface area contributed by atoms with E-state index in [0.717, 1.165) is 13.4 Å². The molecule has 0 amide bonds. The fourth-order valence-corrected chi connectivity index (χ4v) is 0.427. The summed E-state index contributed by atoms with van der Waals surface area (Å²) in [6.45, 7) is 0. The maximum Gasteiger partial charge on any atom is 0.264 e. The van der Waals surface area contributed by atoms with Crippen LogP contribution in [-0.4, -0.2) is 36.7 Å². The predicted octanol–water partition coefficient (Wildman–Crippen LogP) is -1.79. The molecule has 0 aliphatic heterocycles. The molecular weight excluding hydrogens is 224 g/mol. The monoisotopic (exact) mass is 236 g/mol. The zero-order chi connectivity index (χ0) is 12.1. The van der Waals surface area contributed by atoms with Gasteiger partial charge in [0.05, 0.1) is 13.4 Å². The van der Waals surface area contributed by atoms with Gasteiger partial charge in [-0.3, -0.25) is 4.18 Å². The van der Waals surface area contributed by atoms with Crippen molar-refractivity contribution < 1.29 is 12.6 Å². The Morgan fingerprint density at radius 1 is 1.00 bits per heavy atom. The second kappa shape index (κ2) is 5.26.